The third-order valence-corrected chi connectivity index (χ3v) is 5.19. The van der Waals surface area contributed by atoms with Gasteiger partial charge >= 0.3 is 0 Å². The molecule has 0 fully saturated rings. The number of fused-ring (bicyclic) bond motifs is 2. The fraction of sp³-hybridized carbons (Fsp3) is 0.0870. The predicted molar refractivity (Wildman–Crippen MR) is 121 cm³/mol. The van der Waals surface area contributed by atoms with E-state index in [2.05, 4.69) is 26.6 Å². The number of aromatic amines is 1. The number of aromatic nitrogens is 3. The van der Waals surface area contributed by atoms with Gasteiger partial charge in [-0.3, -0.25) is 9.78 Å². The van der Waals surface area contributed by atoms with Crippen molar-refractivity contribution in [3.63, 3.8) is 0 Å². The standard InChI is InChI=1S/C23H19N7O/c1-27-22(15-6-4-13-3-2-8-28-21(13)19(15)11-25)18(10-24)14-5-7-16-17(9-14)20(12-26)29-30-23(16)31/h2-10,24,27H,12,26H2,1H3,(H,30,31)/b22-18+,24-10?. The fourth-order valence-electron chi connectivity index (χ4n) is 3.72. The molecule has 8 nitrogen and oxygen atoms in total. The van der Waals surface area contributed by atoms with E-state index >= 15 is 0 Å². The molecule has 152 valence electrons. The minimum Gasteiger partial charge on any atom is -0.387 e. The molecule has 2 aromatic carbocycles. The van der Waals surface area contributed by atoms with Crippen LogP contribution in [0.4, 0.5) is 0 Å². The molecular weight excluding hydrogens is 390 g/mol. The Morgan fingerprint density at radius 2 is 2.13 bits per heavy atom. The van der Waals surface area contributed by atoms with Crippen molar-refractivity contribution in [3.8, 4) is 6.07 Å². The van der Waals surface area contributed by atoms with Crippen molar-refractivity contribution >= 4 is 39.2 Å². The van der Waals surface area contributed by atoms with Gasteiger partial charge < -0.3 is 16.5 Å². The first kappa shape index (κ1) is 19.9. The highest BCUT2D eigenvalue weighted by atomic mass is 16.1. The SMILES string of the molecule is CN/C(=C(\C=N)c1ccc2c(=O)[nH]nc(CN)c2c1)c1ccc2cccnc2c1C#N. The topological polar surface area (TPSA) is 144 Å². The minimum absolute atomic E-state index is 0.161. The van der Waals surface area contributed by atoms with Crippen molar-refractivity contribution in [2.75, 3.05) is 7.05 Å². The number of allylic oxidation sites excluding steroid dienone is 1. The molecule has 5 N–H and O–H groups in total. The zero-order valence-corrected chi connectivity index (χ0v) is 16.7. The summed E-state index contributed by atoms with van der Waals surface area (Å²) >= 11 is 0. The molecule has 4 aromatic rings. The summed E-state index contributed by atoms with van der Waals surface area (Å²) in [6.45, 7) is 0.161. The van der Waals surface area contributed by atoms with Gasteiger partial charge in [-0.15, -0.1) is 0 Å². The van der Waals surface area contributed by atoms with Gasteiger partial charge in [0.05, 0.1) is 27.9 Å². The summed E-state index contributed by atoms with van der Waals surface area (Å²) in [6, 6.07) is 15.0. The molecule has 0 unspecified atom stereocenters. The van der Waals surface area contributed by atoms with Crippen LogP contribution in [0.15, 0.2) is 53.5 Å². The summed E-state index contributed by atoms with van der Waals surface area (Å²) in [6.07, 6.45) is 2.87. The smallest absolute Gasteiger partial charge is 0.272 e. The van der Waals surface area contributed by atoms with Gasteiger partial charge in [-0.25, -0.2) is 5.10 Å². The Balaban J connectivity index is 2.02. The van der Waals surface area contributed by atoms with Crippen LogP contribution in [0, 0.1) is 16.7 Å². The Morgan fingerprint density at radius 1 is 1.29 bits per heavy atom. The molecule has 0 saturated heterocycles. The molecular formula is C23H19N7O. The van der Waals surface area contributed by atoms with Crippen LogP contribution in [0.3, 0.4) is 0 Å². The Kier molecular flexibility index (Phi) is 5.26. The lowest BCUT2D eigenvalue weighted by atomic mass is 9.94. The van der Waals surface area contributed by atoms with E-state index in [0.29, 0.717) is 49.9 Å². The zero-order chi connectivity index (χ0) is 22.0. The zero-order valence-electron chi connectivity index (χ0n) is 16.7. The largest absolute Gasteiger partial charge is 0.387 e. The number of pyridine rings is 1. The van der Waals surface area contributed by atoms with Crippen molar-refractivity contribution in [2.24, 2.45) is 5.73 Å². The Hall–Kier alpha value is -4.35. The van der Waals surface area contributed by atoms with E-state index < -0.39 is 0 Å². The molecule has 0 aliphatic heterocycles. The molecule has 0 atom stereocenters. The monoisotopic (exact) mass is 409 g/mol. The lowest BCUT2D eigenvalue weighted by Gasteiger charge is -2.16. The van der Waals surface area contributed by atoms with Crippen LogP contribution in [-0.4, -0.2) is 28.4 Å². The molecule has 0 amide bonds. The van der Waals surface area contributed by atoms with Crippen LogP contribution in [0.2, 0.25) is 0 Å². The molecule has 8 heteroatoms. The maximum absolute atomic E-state index is 12.1. The van der Waals surface area contributed by atoms with Gasteiger partial charge in [-0.2, -0.15) is 10.4 Å². The molecule has 31 heavy (non-hydrogen) atoms. The van der Waals surface area contributed by atoms with Gasteiger partial charge in [-0.05, 0) is 23.8 Å². The second-order valence-corrected chi connectivity index (χ2v) is 6.82. The summed E-state index contributed by atoms with van der Waals surface area (Å²) in [5.41, 5.74) is 9.55. The average Bonchev–Trinajstić information content (AvgIpc) is 2.82. The van der Waals surface area contributed by atoms with E-state index in [1.807, 2.05) is 24.3 Å². The van der Waals surface area contributed by atoms with E-state index in [9.17, 15) is 10.1 Å². The summed E-state index contributed by atoms with van der Waals surface area (Å²) in [5, 5.41) is 29.5. The van der Waals surface area contributed by atoms with E-state index in [1.165, 1.54) is 6.21 Å². The van der Waals surface area contributed by atoms with Crippen molar-refractivity contribution in [1.82, 2.24) is 20.5 Å². The number of hydrogen-bond acceptors (Lipinski definition) is 7. The first-order valence-electron chi connectivity index (χ1n) is 9.55. The molecule has 4 rings (SSSR count). The van der Waals surface area contributed by atoms with Crippen LogP contribution in [-0.2, 0) is 6.54 Å². The van der Waals surface area contributed by atoms with Crippen LogP contribution in [0.1, 0.15) is 22.4 Å². The quantitative estimate of drug-likeness (QED) is 0.294. The predicted octanol–water partition coefficient (Wildman–Crippen LogP) is 2.54. The molecule has 0 saturated carbocycles. The maximum Gasteiger partial charge on any atom is 0.272 e. The Bertz CT molecular complexity index is 1460. The minimum atomic E-state index is -0.305. The van der Waals surface area contributed by atoms with Gasteiger partial charge in [0.2, 0.25) is 0 Å². The van der Waals surface area contributed by atoms with E-state index in [0.717, 1.165) is 5.39 Å². The molecule has 0 aliphatic rings. The summed E-state index contributed by atoms with van der Waals surface area (Å²) in [5.74, 6) is 0. The van der Waals surface area contributed by atoms with Crippen molar-refractivity contribution < 1.29 is 0 Å². The summed E-state index contributed by atoms with van der Waals surface area (Å²) in [4.78, 5) is 16.5. The van der Waals surface area contributed by atoms with E-state index in [1.54, 1.807) is 31.4 Å². The van der Waals surface area contributed by atoms with Gasteiger partial charge in [0.15, 0.2) is 0 Å². The Morgan fingerprint density at radius 3 is 2.84 bits per heavy atom. The Labute approximate surface area is 177 Å². The van der Waals surface area contributed by atoms with Gasteiger partial charge in [-0.1, -0.05) is 24.3 Å². The third kappa shape index (κ3) is 3.33. The molecule has 0 spiro atoms. The number of H-pyrrole nitrogens is 1. The average molecular weight is 409 g/mol. The van der Waals surface area contributed by atoms with E-state index in [4.69, 9.17) is 11.1 Å². The highest BCUT2D eigenvalue weighted by Gasteiger charge is 2.17. The van der Waals surface area contributed by atoms with E-state index in [-0.39, 0.29) is 12.1 Å². The second kappa shape index (κ2) is 8.18. The van der Waals surface area contributed by atoms with Gasteiger partial charge in [0, 0.05) is 47.9 Å². The molecule has 0 bridgehead atoms. The maximum atomic E-state index is 12.1. The van der Waals surface area contributed by atoms with Gasteiger partial charge in [0.25, 0.3) is 5.56 Å². The number of benzene rings is 2. The lowest BCUT2D eigenvalue weighted by Crippen LogP contribution is -2.14. The van der Waals surface area contributed by atoms with Gasteiger partial charge in [0.1, 0.15) is 6.07 Å². The third-order valence-electron chi connectivity index (χ3n) is 5.19. The van der Waals surface area contributed by atoms with Crippen molar-refractivity contribution in [3.05, 3.63) is 81.4 Å². The summed E-state index contributed by atoms with van der Waals surface area (Å²) in [7, 11) is 1.74. The van der Waals surface area contributed by atoms with Crippen molar-refractivity contribution in [2.45, 2.75) is 6.54 Å². The lowest BCUT2D eigenvalue weighted by molar-refractivity contribution is 0.900. The number of rotatable bonds is 5. The number of nitrogens with two attached hydrogens (primary N) is 1. The molecule has 0 aliphatic carbocycles. The van der Waals surface area contributed by atoms with Crippen LogP contribution in [0.5, 0.6) is 0 Å². The first-order chi connectivity index (χ1) is 15.1. The first-order valence-corrected chi connectivity index (χ1v) is 9.55. The van der Waals surface area contributed by atoms with Crippen LogP contribution < -0.4 is 16.6 Å². The molecule has 2 aromatic heterocycles. The number of nitriles is 1. The summed E-state index contributed by atoms with van der Waals surface area (Å²) < 4.78 is 0. The molecule has 2 heterocycles. The highest BCUT2D eigenvalue weighted by Crippen LogP contribution is 2.30. The fourth-order valence-corrected chi connectivity index (χ4v) is 3.72. The van der Waals surface area contributed by atoms with Crippen LogP contribution in [0.25, 0.3) is 32.9 Å². The van der Waals surface area contributed by atoms with Crippen molar-refractivity contribution in [1.29, 1.82) is 10.7 Å². The number of hydrogen-bond donors (Lipinski definition) is 4. The molecule has 0 radical (unpaired) electrons. The highest BCUT2D eigenvalue weighted by molar-refractivity contribution is 6.19. The van der Waals surface area contributed by atoms with Crippen LogP contribution >= 0.6 is 0 Å². The second-order valence-electron chi connectivity index (χ2n) is 6.82. The normalized spacial score (nSPS) is 11.8. The number of nitrogens with zero attached hydrogens (tertiary/aromatic N) is 3. The number of nitrogens with one attached hydrogen (secondary N) is 3.